The highest BCUT2D eigenvalue weighted by Gasteiger charge is 2.16. The van der Waals surface area contributed by atoms with Crippen molar-refractivity contribution in [3.05, 3.63) is 68.6 Å². The molecule has 26 heavy (non-hydrogen) atoms. The summed E-state index contributed by atoms with van der Waals surface area (Å²) >= 11 is 1.47. The van der Waals surface area contributed by atoms with E-state index in [0.717, 1.165) is 35.7 Å². The summed E-state index contributed by atoms with van der Waals surface area (Å²) in [7, 11) is 0. The standard InChI is InChI=1S/C20H18N4OS/c1-2-17-23-24-18(25)10-14(22-20(24)26-17)11-21-16-9-8-13-7-6-12-4-3-5-15(16)19(12)13/h3-5,8-10,21H,2,6-7,11H2,1H3. The highest BCUT2D eigenvalue weighted by Crippen LogP contribution is 2.35. The smallest absolute Gasteiger partial charge is 0.275 e. The van der Waals surface area contributed by atoms with Gasteiger partial charge in [0.05, 0.1) is 12.2 Å². The van der Waals surface area contributed by atoms with Crippen molar-refractivity contribution in [3.8, 4) is 0 Å². The van der Waals surface area contributed by atoms with E-state index in [1.54, 1.807) is 6.07 Å². The Morgan fingerprint density at radius 2 is 2.04 bits per heavy atom. The number of anilines is 1. The Balaban J connectivity index is 1.49. The molecule has 0 unspecified atom stereocenters. The Labute approximate surface area is 154 Å². The zero-order valence-corrected chi connectivity index (χ0v) is 15.3. The zero-order chi connectivity index (χ0) is 17.7. The minimum absolute atomic E-state index is 0.122. The van der Waals surface area contributed by atoms with Crippen molar-refractivity contribution in [2.75, 3.05) is 5.32 Å². The van der Waals surface area contributed by atoms with Crippen LogP contribution in [0, 0.1) is 0 Å². The third-order valence-corrected chi connectivity index (χ3v) is 6.03. The molecule has 0 amide bonds. The highest BCUT2D eigenvalue weighted by molar-refractivity contribution is 7.16. The van der Waals surface area contributed by atoms with Crippen LogP contribution in [0.3, 0.4) is 0 Å². The molecule has 5 nitrogen and oxygen atoms in total. The van der Waals surface area contributed by atoms with Gasteiger partial charge in [0.1, 0.15) is 5.01 Å². The van der Waals surface area contributed by atoms with E-state index in [4.69, 9.17) is 0 Å². The minimum Gasteiger partial charge on any atom is -0.379 e. The molecule has 4 aromatic rings. The first-order chi connectivity index (χ1) is 12.7. The molecule has 0 fully saturated rings. The number of fused-ring (bicyclic) bond motifs is 1. The number of nitrogens with zero attached hydrogens (tertiary/aromatic N) is 3. The van der Waals surface area contributed by atoms with Crippen molar-refractivity contribution in [3.63, 3.8) is 0 Å². The summed E-state index contributed by atoms with van der Waals surface area (Å²) in [6.07, 6.45) is 3.05. The van der Waals surface area contributed by atoms with Gasteiger partial charge in [-0.25, -0.2) is 4.98 Å². The van der Waals surface area contributed by atoms with Gasteiger partial charge in [-0.3, -0.25) is 4.79 Å². The summed E-state index contributed by atoms with van der Waals surface area (Å²) in [4.78, 5) is 17.6. The predicted octanol–water partition coefficient (Wildman–Crippen LogP) is 3.58. The summed E-state index contributed by atoms with van der Waals surface area (Å²) in [6.45, 7) is 2.55. The van der Waals surface area contributed by atoms with E-state index in [9.17, 15) is 4.79 Å². The molecule has 0 bridgehead atoms. The van der Waals surface area contributed by atoms with E-state index in [-0.39, 0.29) is 5.56 Å². The Bertz CT molecular complexity index is 1200. The zero-order valence-electron chi connectivity index (χ0n) is 14.5. The van der Waals surface area contributed by atoms with Crippen LogP contribution >= 0.6 is 11.3 Å². The van der Waals surface area contributed by atoms with E-state index in [1.165, 1.54) is 37.8 Å². The average molecular weight is 362 g/mol. The lowest BCUT2D eigenvalue weighted by Gasteiger charge is -2.11. The molecular formula is C20H18N4OS. The van der Waals surface area contributed by atoms with Crippen molar-refractivity contribution in [2.24, 2.45) is 0 Å². The first-order valence-electron chi connectivity index (χ1n) is 8.89. The third-order valence-electron chi connectivity index (χ3n) is 4.98. The summed E-state index contributed by atoms with van der Waals surface area (Å²) in [5.74, 6) is 0. The van der Waals surface area contributed by atoms with E-state index in [1.807, 2.05) is 6.92 Å². The van der Waals surface area contributed by atoms with Gasteiger partial charge in [0.15, 0.2) is 0 Å². The SMILES string of the molecule is CCc1nn2c(=O)cc(CNc3ccc4c5c(cccc35)CC4)nc2s1. The van der Waals surface area contributed by atoms with Crippen LogP contribution in [0.15, 0.2) is 41.2 Å². The molecule has 0 atom stereocenters. The molecule has 1 N–H and O–H groups in total. The van der Waals surface area contributed by atoms with Crippen molar-refractivity contribution in [1.82, 2.24) is 14.6 Å². The molecule has 0 saturated carbocycles. The molecule has 2 aromatic carbocycles. The van der Waals surface area contributed by atoms with Crippen LogP contribution in [0.1, 0.15) is 28.8 Å². The van der Waals surface area contributed by atoms with Gasteiger partial charge < -0.3 is 5.32 Å². The Kier molecular flexibility index (Phi) is 3.53. The monoisotopic (exact) mass is 362 g/mol. The number of aryl methyl sites for hydroxylation is 3. The van der Waals surface area contributed by atoms with Crippen molar-refractivity contribution in [1.29, 1.82) is 0 Å². The van der Waals surface area contributed by atoms with Gasteiger partial charge in [0.2, 0.25) is 4.96 Å². The molecular weight excluding hydrogens is 344 g/mol. The number of hydrogen-bond acceptors (Lipinski definition) is 5. The Morgan fingerprint density at radius 3 is 2.88 bits per heavy atom. The van der Waals surface area contributed by atoms with Crippen molar-refractivity contribution < 1.29 is 0 Å². The van der Waals surface area contributed by atoms with E-state index in [2.05, 4.69) is 45.7 Å². The molecule has 0 aliphatic heterocycles. The molecule has 130 valence electrons. The highest BCUT2D eigenvalue weighted by atomic mass is 32.1. The average Bonchev–Trinajstić information content (AvgIpc) is 3.27. The molecule has 2 heterocycles. The third kappa shape index (κ3) is 2.41. The van der Waals surface area contributed by atoms with E-state index >= 15 is 0 Å². The van der Waals surface area contributed by atoms with Gasteiger partial charge in [-0.2, -0.15) is 9.61 Å². The van der Waals surface area contributed by atoms with Gasteiger partial charge in [0, 0.05) is 17.1 Å². The van der Waals surface area contributed by atoms with Crippen LogP contribution < -0.4 is 10.9 Å². The predicted molar refractivity (Wildman–Crippen MR) is 105 cm³/mol. The minimum atomic E-state index is -0.122. The second-order valence-corrected chi connectivity index (χ2v) is 7.64. The fourth-order valence-corrected chi connectivity index (χ4v) is 4.57. The second kappa shape index (κ2) is 5.92. The largest absolute Gasteiger partial charge is 0.379 e. The lowest BCUT2D eigenvalue weighted by Crippen LogP contribution is -2.16. The molecule has 0 spiro atoms. The molecule has 1 aliphatic carbocycles. The van der Waals surface area contributed by atoms with Gasteiger partial charge in [-0.1, -0.05) is 42.5 Å². The summed E-state index contributed by atoms with van der Waals surface area (Å²) in [5.41, 5.74) is 4.56. The molecule has 5 rings (SSSR count). The summed E-state index contributed by atoms with van der Waals surface area (Å²) in [6, 6.07) is 12.4. The Morgan fingerprint density at radius 1 is 1.19 bits per heavy atom. The van der Waals surface area contributed by atoms with Crippen LogP contribution in [-0.4, -0.2) is 14.6 Å². The van der Waals surface area contributed by atoms with E-state index in [0.29, 0.717) is 11.5 Å². The fraction of sp³-hybridized carbons (Fsp3) is 0.250. The van der Waals surface area contributed by atoms with Gasteiger partial charge in [0.25, 0.3) is 5.56 Å². The maximum Gasteiger partial charge on any atom is 0.275 e. The van der Waals surface area contributed by atoms with Crippen molar-refractivity contribution >= 4 is 32.8 Å². The maximum atomic E-state index is 12.3. The first-order valence-corrected chi connectivity index (χ1v) is 9.70. The molecule has 0 saturated heterocycles. The topological polar surface area (TPSA) is 59.3 Å². The number of nitrogens with one attached hydrogen (secondary N) is 1. The second-order valence-electron chi connectivity index (χ2n) is 6.59. The maximum absolute atomic E-state index is 12.3. The molecule has 1 aliphatic rings. The lowest BCUT2D eigenvalue weighted by atomic mass is 10.0. The van der Waals surface area contributed by atoms with Crippen LogP contribution in [0.2, 0.25) is 0 Å². The fourth-order valence-electron chi connectivity index (χ4n) is 3.72. The number of rotatable bonds is 4. The van der Waals surface area contributed by atoms with Crippen LogP contribution in [0.4, 0.5) is 5.69 Å². The molecule has 2 aromatic heterocycles. The lowest BCUT2D eigenvalue weighted by molar-refractivity contribution is 0.846. The van der Waals surface area contributed by atoms with Crippen molar-refractivity contribution in [2.45, 2.75) is 32.7 Å². The van der Waals surface area contributed by atoms with Gasteiger partial charge in [-0.15, -0.1) is 0 Å². The van der Waals surface area contributed by atoms with Gasteiger partial charge in [-0.05, 0) is 41.8 Å². The molecule has 6 heteroatoms. The van der Waals surface area contributed by atoms with Gasteiger partial charge >= 0.3 is 0 Å². The van der Waals surface area contributed by atoms with E-state index < -0.39 is 0 Å². The molecule has 0 radical (unpaired) electrons. The van der Waals surface area contributed by atoms with Crippen LogP contribution in [0.5, 0.6) is 0 Å². The first kappa shape index (κ1) is 15.5. The number of hydrogen-bond donors (Lipinski definition) is 1. The number of benzene rings is 2. The Hall–Kier alpha value is -2.73. The summed E-state index contributed by atoms with van der Waals surface area (Å²) in [5, 5.41) is 11.3. The normalized spacial score (nSPS) is 13.0. The quantitative estimate of drug-likeness (QED) is 0.603. The number of aromatic nitrogens is 3. The van der Waals surface area contributed by atoms with Crippen LogP contribution in [0.25, 0.3) is 15.7 Å². The summed E-state index contributed by atoms with van der Waals surface area (Å²) < 4.78 is 1.39. The van der Waals surface area contributed by atoms with Crippen LogP contribution in [-0.2, 0) is 25.8 Å².